The van der Waals surface area contributed by atoms with Crippen LogP contribution in [0.15, 0.2) is 30.3 Å². The van der Waals surface area contributed by atoms with E-state index in [0.717, 1.165) is 12.0 Å². The molecule has 1 aliphatic rings. The highest BCUT2D eigenvalue weighted by molar-refractivity contribution is 5.68. The molecule has 1 aromatic rings. The lowest BCUT2D eigenvalue weighted by Crippen LogP contribution is -2.52. The smallest absolute Gasteiger partial charge is 0.410 e. The van der Waals surface area contributed by atoms with Gasteiger partial charge in [0.15, 0.2) is 0 Å². The largest absolute Gasteiger partial charge is 0.445 e. The molecular weight excluding hydrogens is 244 g/mol. The van der Waals surface area contributed by atoms with Gasteiger partial charge in [-0.1, -0.05) is 30.3 Å². The van der Waals surface area contributed by atoms with Crippen molar-refractivity contribution in [1.29, 1.82) is 0 Å². The molecule has 1 saturated heterocycles. The minimum absolute atomic E-state index is 0.00646. The number of benzene rings is 1. The number of nitrogens with two attached hydrogens (primary N) is 1. The van der Waals surface area contributed by atoms with Gasteiger partial charge >= 0.3 is 6.09 Å². The topological polar surface area (TPSA) is 64.8 Å². The summed E-state index contributed by atoms with van der Waals surface area (Å²) in [6, 6.07) is 9.56. The number of hydrogen-bond acceptors (Lipinski definition) is 4. The lowest BCUT2D eigenvalue weighted by atomic mass is 10.0. The van der Waals surface area contributed by atoms with E-state index in [-0.39, 0.29) is 24.8 Å². The molecule has 2 N–H and O–H groups in total. The van der Waals surface area contributed by atoms with Gasteiger partial charge in [0.2, 0.25) is 0 Å². The molecule has 1 fully saturated rings. The molecule has 0 radical (unpaired) electrons. The molecule has 1 aliphatic heterocycles. The second-order valence-electron chi connectivity index (χ2n) is 4.80. The molecule has 19 heavy (non-hydrogen) atoms. The van der Waals surface area contributed by atoms with Crippen molar-refractivity contribution in [3.8, 4) is 0 Å². The van der Waals surface area contributed by atoms with Crippen LogP contribution in [0, 0.1) is 0 Å². The number of carbonyl (C=O) groups is 1. The van der Waals surface area contributed by atoms with E-state index < -0.39 is 0 Å². The fraction of sp³-hybridized carbons (Fsp3) is 0.500. The molecule has 0 saturated carbocycles. The number of methoxy groups -OCH3 is 1. The Balaban J connectivity index is 1.85. The van der Waals surface area contributed by atoms with E-state index in [1.807, 2.05) is 30.3 Å². The lowest BCUT2D eigenvalue weighted by molar-refractivity contribution is 0.0156. The zero-order chi connectivity index (χ0) is 13.7. The number of piperidine rings is 1. The molecule has 5 heteroatoms. The maximum absolute atomic E-state index is 12.0. The number of amides is 1. The van der Waals surface area contributed by atoms with Gasteiger partial charge in [-0.3, -0.25) is 0 Å². The van der Waals surface area contributed by atoms with E-state index in [1.54, 1.807) is 12.0 Å². The zero-order valence-corrected chi connectivity index (χ0v) is 11.1. The Kier molecular flexibility index (Phi) is 4.76. The first-order chi connectivity index (χ1) is 9.19. The van der Waals surface area contributed by atoms with Gasteiger partial charge in [-0.2, -0.15) is 0 Å². The molecule has 0 aromatic heterocycles. The summed E-state index contributed by atoms with van der Waals surface area (Å²) in [6.45, 7) is 1.34. The minimum atomic E-state index is -0.332. The Morgan fingerprint density at radius 3 is 2.79 bits per heavy atom. The van der Waals surface area contributed by atoms with Crippen molar-refractivity contribution in [2.45, 2.75) is 25.2 Å². The fourth-order valence-corrected chi connectivity index (χ4v) is 2.22. The normalized spacial score (nSPS) is 23.2. The van der Waals surface area contributed by atoms with Gasteiger partial charge in [0.25, 0.3) is 0 Å². The lowest BCUT2D eigenvalue weighted by Gasteiger charge is -2.34. The van der Waals surface area contributed by atoms with Crippen LogP contribution in [0.2, 0.25) is 0 Å². The Morgan fingerprint density at radius 2 is 2.11 bits per heavy atom. The average molecular weight is 264 g/mol. The maximum Gasteiger partial charge on any atom is 0.410 e. The van der Waals surface area contributed by atoms with Crippen molar-refractivity contribution in [3.05, 3.63) is 35.9 Å². The minimum Gasteiger partial charge on any atom is -0.445 e. The number of rotatable bonds is 3. The van der Waals surface area contributed by atoms with E-state index in [2.05, 4.69) is 0 Å². The van der Waals surface area contributed by atoms with Crippen molar-refractivity contribution in [2.75, 3.05) is 20.2 Å². The van der Waals surface area contributed by atoms with Crippen LogP contribution in [0.4, 0.5) is 4.79 Å². The van der Waals surface area contributed by atoms with Gasteiger partial charge in [0.05, 0.1) is 12.6 Å². The van der Waals surface area contributed by atoms with E-state index in [1.165, 1.54) is 0 Å². The first-order valence-electron chi connectivity index (χ1n) is 6.43. The Hall–Kier alpha value is -1.59. The predicted octanol–water partition coefficient (Wildman–Crippen LogP) is 1.37. The van der Waals surface area contributed by atoms with Gasteiger partial charge in [-0.15, -0.1) is 0 Å². The summed E-state index contributed by atoms with van der Waals surface area (Å²) in [6.07, 6.45) is 0.438. The van der Waals surface area contributed by atoms with Crippen LogP contribution in [0.5, 0.6) is 0 Å². The van der Waals surface area contributed by atoms with Crippen molar-refractivity contribution < 1.29 is 14.3 Å². The number of ether oxygens (including phenoxy) is 2. The zero-order valence-electron chi connectivity index (χ0n) is 11.1. The molecule has 1 amide bonds. The van der Waals surface area contributed by atoms with E-state index in [0.29, 0.717) is 13.1 Å². The molecule has 2 unspecified atom stereocenters. The van der Waals surface area contributed by atoms with Crippen molar-refractivity contribution in [2.24, 2.45) is 5.73 Å². The van der Waals surface area contributed by atoms with Gasteiger partial charge in [0.1, 0.15) is 6.61 Å². The summed E-state index contributed by atoms with van der Waals surface area (Å²) in [5.41, 5.74) is 6.88. The van der Waals surface area contributed by atoms with E-state index >= 15 is 0 Å². The molecule has 1 aromatic carbocycles. The molecule has 5 nitrogen and oxygen atoms in total. The average Bonchev–Trinajstić information content (AvgIpc) is 2.45. The Bertz CT molecular complexity index is 410. The highest BCUT2D eigenvalue weighted by atomic mass is 16.6. The summed E-state index contributed by atoms with van der Waals surface area (Å²) in [5.74, 6) is 0. The highest BCUT2D eigenvalue weighted by Gasteiger charge is 2.28. The first-order valence-corrected chi connectivity index (χ1v) is 6.43. The SMILES string of the molecule is COC1CC(N)CN(C(=O)OCc2ccccc2)C1. The van der Waals surface area contributed by atoms with Crippen LogP contribution >= 0.6 is 0 Å². The summed E-state index contributed by atoms with van der Waals surface area (Å²) < 4.78 is 10.6. The van der Waals surface area contributed by atoms with Crippen LogP contribution in [0.3, 0.4) is 0 Å². The van der Waals surface area contributed by atoms with Gasteiger partial charge in [0, 0.05) is 19.7 Å². The molecule has 0 spiro atoms. The summed E-state index contributed by atoms with van der Waals surface area (Å²) >= 11 is 0. The fourth-order valence-electron chi connectivity index (χ4n) is 2.22. The van der Waals surface area contributed by atoms with Crippen LogP contribution in [0.25, 0.3) is 0 Å². The van der Waals surface area contributed by atoms with Gasteiger partial charge in [-0.05, 0) is 12.0 Å². The van der Waals surface area contributed by atoms with Crippen molar-refractivity contribution in [1.82, 2.24) is 4.90 Å². The number of nitrogens with zero attached hydrogens (tertiary/aromatic N) is 1. The molecule has 104 valence electrons. The predicted molar refractivity (Wildman–Crippen MR) is 71.6 cm³/mol. The molecule has 2 rings (SSSR count). The molecular formula is C14H20N2O3. The van der Waals surface area contributed by atoms with E-state index in [9.17, 15) is 4.79 Å². The van der Waals surface area contributed by atoms with Crippen molar-refractivity contribution >= 4 is 6.09 Å². The second kappa shape index (κ2) is 6.54. The quantitative estimate of drug-likeness (QED) is 0.895. The Morgan fingerprint density at radius 1 is 1.37 bits per heavy atom. The first kappa shape index (κ1) is 13.8. The Labute approximate surface area is 113 Å². The third-order valence-corrected chi connectivity index (χ3v) is 3.24. The van der Waals surface area contributed by atoms with Crippen LogP contribution in [0.1, 0.15) is 12.0 Å². The van der Waals surface area contributed by atoms with E-state index in [4.69, 9.17) is 15.2 Å². The summed E-state index contributed by atoms with van der Waals surface area (Å²) in [7, 11) is 1.64. The third-order valence-electron chi connectivity index (χ3n) is 3.24. The number of likely N-dealkylation sites (tertiary alicyclic amines) is 1. The van der Waals surface area contributed by atoms with Gasteiger partial charge in [-0.25, -0.2) is 4.79 Å². The van der Waals surface area contributed by atoms with Gasteiger partial charge < -0.3 is 20.1 Å². The second-order valence-corrected chi connectivity index (χ2v) is 4.80. The van der Waals surface area contributed by atoms with Crippen LogP contribution in [-0.4, -0.2) is 43.3 Å². The maximum atomic E-state index is 12.0. The van der Waals surface area contributed by atoms with Crippen LogP contribution in [-0.2, 0) is 16.1 Å². The van der Waals surface area contributed by atoms with Crippen molar-refractivity contribution in [3.63, 3.8) is 0 Å². The molecule has 0 aliphatic carbocycles. The molecule has 0 bridgehead atoms. The standard InChI is InChI=1S/C14H20N2O3/c1-18-13-7-12(15)8-16(9-13)14(17)19-10-11-5-3-2-4-6-11/h2-6,12-13H,7-10,15H2,1H3. The third kappa shape index (κ3) is 3.94. The number of carbonyl (C=O) groups excluding carboxylic acids is 1. The molecule has 2 atom stereocenters. The summed E-state index contributed by atoms with van der Waals surface area (Å²) in [5, 5.41) is 0. The summed E-state index contributed by atoms with van der Waals surface area (Å²) in [4.78, 5) is 13.6. The van der Waals surface area contributed by atoms with Crippen LogP contribution < -0.4 is 5.73 Å². The highest BCUT2D eigenvalue weighted by Crippen LogP contribution is 2.13. The molecule has 1 heterocycles. The monoisotopic (exact) mass is 264 g/mol. The number of hydrogen-bond donors (Lipinski definition) is 1.